The highest BCUT2D eigenvalue weighted by Gasteiger charge is 2.68. The molecule has 0 unspecified atom stereocenters. The average Bonchev–Trinajstić information content (AvgIpc) is 3.65. The van der Waals surface area contributed by atoms with Gasteiger partial charge in [-0.15, -0.1) is 0 Å². The molecule has 4 aromatic rings. The van der Waals surface area contributed by atoms with Gasteiger partial charge in [-0.25, -0.2) is 47.0 Å². The Hall–Kier alpha value is -4.34. The van der Waals surface area contributed by atoms with E-state index in [2.05, 4.69) is 0 Å². The third-order valence-corrected chi connectivity index (χ3v) is 8.04. The van der Waals surface area contributed by atoms with E-state index in [0.717, 1.165) is 5.57 Å². The molecule has 10 heteroatoms. The first-order chi connectivity index (χ1) is 16.5. The number of hydrogen-bond donors (Lipinski definition) is 0. The Labute approximate surface area is 190 Å². The van der Waals surface area contributed by atoms with Crippen LogP contribution in [0.5, 0.6) is 0 Å². The first kappa shape index (κ1) is 18.1. The highest BCUT2D eigenvalue weighted by Crippen LogP contribution is 2.65. The fraction of sp³-hybridized carbons (Fsp3) is 0.250. The maximum Gasteiger partial charge on any atom is 0.352 e. The smallest absolute Gasteiger partial charge is 0.245 e. The lowest BCUT2D eigenvalue weighted by Crippen LogP contribution is -2.49. The third kappa shape index (κ3) is 1.73. The van der Waals surface area contributed by atoms with Gasteiger partial charge in [0.2, 0.25) is 0 Å². The molecule has 0 amide bonds. The molecule has 2 aliphatic heterocycles. The van der Waals surface area contributed by atoms with Crippen molar-refractivity contribution < 1.29 is 0 Å². The first-order valence-corrected chi connectivity index (χ1v) is 11.3. The number of para-hydroxylation sites is 2. The van der Waals surface area contributed by atoms with Gasteiger partial charge in [0.05, 0.1) is 29.5 Å². The molecule has 4 bridgehead atoms. The van der Waals surface area contributed by atoms with Gasteiger partial charge < -0.3 is 0 Å². The van der Waals surface area contributed by atoms with Crippen LogP contribution in [0.15, 0.2) is 91.5 Å². The van der Waals surface area contributed by atoms with Crippen LogP contribution in [-0.2, 0) is 5.54 Å². The van der Waals surface area contributed by atoms with E-state index in [-0.39, 0.29) is 23.5 Å². The van der Waals surface area contributed by atoms with Crippen molar-refractivity contribution in [3.8, 4) is 11.4 Å². The van der Waals surface area contributed by atoms with Crippen LogP contribution in [0.2, 0.25) is 0 Å². The standard InChI is InChI=1S/C24H18N6O4/c31-20-26(15-9-5-2-6-10-15)23(34)30-24-13-16(27(20)30)11-17(24)18-12-19(24)29-22(33)25(21(32)28(18)29)14-7-3-1-4-8-14/h1-11,16,18-19H,12-13H2/t16-,18+,19-,24-/m1/s1. The van der Waals surface area contributed by atoms with Gasteiger partial charge in [0, 0.05) is 6.42 Å². The van der Waals surface area contributed by atoms with E-state index in [9.17, 15) is 19.2 Å². The van der Waals surface area contributed by atoms with Crippen molar-refractivity contribution >= 4 is 0 Å². The van der Waals surface area contributed by atoms with Gasteiger partial charge >= 0.3 is 22.8 Å². The van der Waals surface area contributed by atoms with Crippen LogP contribution in [0, 0.1) is 0 Å². The Morgan fingerprint density at radius 3 is 1.88 bits per heavy atom. The van der Waals surface area contributed by atoms with Crippen LogP contribution < -0.4 is 22.8 Å². The van der Waals surface area contributed by atoms with Crippen molar-refractivity contribution in [2.45, 2.75) is 36.5 Å². The quantitative estimate of drug-likeness (QED) is 0.417. The minimum absolute atomic E-state index is 0.276. The topological polar surface area (TPSA) is 97.9 Å². The largest absolute Gasteiger partial charge is 0.352 e. The lowest BCUT2D eigenvalue weighted by atomic mass is 9.89. The van der Waals surface area contributed by atoms with Crippen molar-refractivity contribution in [2.24, 2.45) is 0 Å². The molecular formula is C24H18N6O4. The molecule has 0 N–H and O–H groups in total. The van der Waals surface area contributed by atoms with Gasteiger partial charge in [0.1, 0.15) is 5.54 Å². The monoisotopic (exact) mass is 454 g/mol. The molecule has 34 heavy (non-hydrogen) atoms. The lowest BCUT2D eigenvalue weighted by Gasteiger charge is -2.36. The molecule has 0 radical (unpaired) electrons. The number of aromatic nitrogens is 6. The van der Waals surface area contributed by atoms with E-state index in [1.807, 2.05) is 18.2 Å². The van der Waals surface area contributed by atoms with Crippen molar-refractivity contribution in [1.29, 1.82) is 0 Å². The van der Waals surface area contributed by atoms with E-state index in [4.69, 9.17) is 0 Å². The molecule has 4 heterocycles. The van der Waals surface area contributed by atoms with Crippen molar-refractivity contribution in [3.05, 3.63) is 114 Å². The second-order valence-electron chi connectivity index (χ2n) is 9.40. The maximum atomic E-state index is 13.7. The van der Waals surface area contributed by atoms with E-state index >= 15 is 0 Å². The van der Waals surface area contributed by atoms with E-state index < -0.39 is 23.0 Å². The summed E-state index contributed by atoms with van der Waals surface area (Å²) in [4.78, 5) is 54.0. The number of rotatable bonds is 2. The van der Waals surface area contributed by atoms with Gasteiger partial charge in [-0.3, -0.25) is 0 Å². The molecule has 4 atom stereocenters. The zero-order valence-electron chi connectivity index (χ0n) is 17.8. The number of nitrogens with zero attached hydrogens (tertiary/aromatic N) is 6. The maximum absolute atomic E-state index is 13.7. The molecular weight excluding hydrogens is 436 g/mol. The van der Waals surface area contributed by atoms with Gasteiger partial charge in [0.15, 0.2) is 0 Å². The molecule has 2 aromatic heterocycles. The van der Waals surface area contributed by atoms with E-state index in [1.54, 1.807) is 57.9 Å². The first-order valence-electron chi connectivity index (χ1n) is 11.3. The Morgan fingerprint density at radius 2 is 1.24 bits per heavy atom. The Kier molecular flexibility index (Phi) is 2.98. The number of fused-ring (bicyclic) bond motifs is 9. The summed E-state index contributed by atoms with van der Waals surface area (Å²) in [6.45, 7) is 0. The highest BCUT2D eigenvalue weighted by atomic mass is 16.2. The van der Waals surface area contributed by atoms with Crippen LogP contribution >= 0.6 is 0 Å². The summed E-state index contributed by atoms with van der Waals surface area (Å²) in [5.41, 5.74) is -0.435. The fourth-order valence-corrected chi connectivity index (χ4v) is 6.89. The summed E-state index contributed by atoms with van der Waals surface area (Å²) < 4.78 is 8.54. The Bertz CT molecular complexity index is 1800. The van der Waals surface area contributed by atoms with Crippen LogP contribution in [0.3, 0.4) is 0 Å². The molecule has 4 aliphatic rings. The Morgan fingerprint density at radius 1 is 0.676 bits per heavy atom. The van der Waals surface area contributed by atoms with Crippen LogP contribution in [0.25, 0.3) is 11.4 Å². The van der Waals surface area contributed by atoms with Crippen LogP contribution in [0.1, 0.15) is 31.0 Å². The van der Waals surface area contributed by atoms with E-state index in [1.165, 1.54) is 18.5 Å². The number of allylic oxidation sites excluding steroid dienone is 2. The predicted molar refractivity (Wildman–Crippen MR) is 121 cm³/mol. The predicted octanol–water partition coefficient (Wildman–Crippen LogP) is 0.695. The molecule has 1 saturated carbocycles. The van der Waals surface area contributed by atoms with Crippen LogP contribution in [-0.4, -0.2) is 27.9 Å². The molecule has 10 nitrogen and oxygen atoms in total. The van der Waals surface area contributed by atoms with E-state index in [0.29, 0.717) is 24.2 Å². The number of benzene rings is 2. The molecule has 8 rings (SSSR count). The third-order valence-electron chi connectivity index (χ3n) is 8.04. The molecule has 2 aliphatic carbocycles. The molecule has 1 fully saturated rings. The summed E-state index contributed by atoms with van der Waals surface area (Å²) in [5, 5.41) is 0. The molecule has 168 valence electrons. The van der Waals surface area contributed by atoms with Crippen molar-refractivity contribution in [1.82, 2.24) is 27.9 Å². The van der Waals surface area contributed by atoms with Gasteiger partial charge in [-0.05, 0) is 36.3 Å². The fourth-order valence-electron chi connectivity index (χ4n) is 6.89. The number of hydrogen-bond acceptors (Lipinski definition) is 4. The normalized spacial score (nSPS) is 27.1. The summed E-state index contributed by atoms with van der Waals surface area (Å²) in [5.74, 6) is 0. The van der Waals surface area contributed by atoms with Gasteiger partial charge in [-0.2, -0.15) is 0 Å². The van der Waals surface area contributed by atoms with Crippen LogP contribution in [0.4, 0.5) is 0 Å². The van der Waals surface area contributed by atoms with Crippen molar-refractivity contribution in [2.75, 3.05) is 0 Å². The summed E-state index contributed by atoms with van der Waals surface area (Å²) in [6.07, 6.45) is 3.12. The lowest BCUT2D eigenvalue weighted by molar-refractivity contribution is 0.205. The Balaban J connectivity index is 1.39. The average molecular weight is 454 g/mol. The second kappa shape index (κ2) is 5.58. The van der Waals surface area contributed by atoms with Gasteiger partial charge in [0.25, 0.3) is 0 Å². The summed E-state index contributed by atoms with van der Waals surface area (Å²) in [7, 11) is 0. The molecule has 1 spiro atoms. The highest BCUT2D eigenvalue weighted by molar-refractivity contribution is 5.43. The zero-order valence-corrected chi connectivity index (χ0v) is 17.8. The minimum atomic E-state index is -0.815. The summed E-state index contributed by atoms with van der Waals surface area (Å²) >= 11 is 0. The summed E-state index contributed by atoms with van der Waals surface area (Å²) in [6, 6.07) is 16.7. The van der Waals surface area contributed by atoms with Gasteiger partial charge in [-0.1, -0.05) is 42.5 Å². The van der Waals surface area contributed by atoms with Crippen molar-refractivity contribution in [3.63, 3.8) is 0 Å². The molecule has 2 aromatic carbocycles. The second-order valence-corrected chi connectivity index (χ2v) is 9.40. The zero-order chi connectivity index (χ0) is 22.9. The molecule has 0 saturated heterocycles. The minimum Gasteiger partial charge on any atom is -0.245 e. The SMILES string of the molecule is O=c1n(-c2ccccc2)c(=O)n2n1[C@H]1C[C@@H]2[C@@]23C[C@@H](C=C12)n1c(=O)n(-c2ccccc2)c(=O)n13.